The van der Waals surface area contributed by atoms with Gasteiger partial charge in [0, 0.05) is 15.8 Å². The zero-order valence-corrected chi connectivity index (χ0v) is 13.1. The first-order valence-electron chi connectivity index (χ1n) is 5.34. The molecule has 2 aromatic rings. The number of hydrogen-bond donors (Lipinski definition) is 2. The van der Waals surface area contributed by atoms with Gasteiger partial charge in [0.15, 0.2) is 0 Å². The lowest BCUT2D eigenvalue weighted by atomic mass is 10.2. The quantitative estimate of drug-likeness (QED) is 0.437. The molecule has 0 amide bonds. The van der Waals surface area contributed by atoms with Crippen LogP contribution in [0.4, 0.5) is 10.1 Å². The fourth-order valence-electron chi connectivity index (χ4n) is 1.46. The molecule has 0 atom stereocenters. The van der Waals surface area contributed by atoms with Crippen LogP contribution in [0.2, 0.25) is 0 Å². The molecule has 0 aliphatic heterocycles. The van der Waals surface area contributed by atoms with E-state index in [1.165, 1.54) is 6.07 Å². The van der Waals surface area contributed by atoms with Crippen molar-refractivity contribution >= 4 is 44.2 Å². The van der Waals surface area contributed by atoms with Crippen molar-refractivity contribution in [3.63, 3.8) is 0 Å². The predicted octanol–water partition coefficient (Wildman–Crippen LogP) is 4.31. The number of rotatable bonds is 4. The van der Waals surface area contributed by atoms with E-state index < -0.39 is 0 Å². The smallest absolute Gasteiger partial charge is 0.137 e. The van der Waals surface area contributed by atoms with Crippen molar-refractivity contribution in [2.75, 3.05) is 5.43 Å². The highest BCUT2D eigenvalue weighted by Gasteiger charge is 2.05. The Balaban J connectivity index is 1.97. The first-order chi connectivity index (χ1) is 8.66. The molecule has 2 aromatic carbocycles. The zero-order chi connectivity index (χ0) is 13.0. The van der Waals surface area contributed by atoms with Gasteiger partial charge in [-0.3, -0.25) is 0 Å². The van der Waals surface area contributed by atoms with E-state index in [9.17, 15) is 4.39 Å². The molecule has 0 saturated carbocycles. The van der Waals surface area contributed by atoms with Crippen molar-refractivity contribution in [2.45, 2.75) is 6.54 Å². The Morgan fingerprint density at radius 2 is 1.89 bits per heavy atom. The summed E-state index contributed by atoms with van der Waals surface area (Å²) in [5.74, 6) is -0.244. The molecular formula is C13H11BrFIN2. The minimum atomic E-state index is -0.244. The number of hydrazine groups is 1. The lowest BCUT2D eigenvalue weighted by molar-refractivity contribution is 0.616. The van der Waals surface area contributed by atoms with Crippen LogP contribution in [0.25, 0.3) is 0 Å². The van der Waals surface area contributed by atoms with E-state index >= 15 is 0 Å². The summed E-state index contributed by atoms with van der Waals surface area (Å²) in [6.07, 6.45) is 0. The van der Waals surface area contributed by atoms with E-state index in [4.69, 9.17) is 0 Å². The molecule has 0 aliphatic rings. The zero-order valence-electron chi connectivity index (χ0n) is 9.38. The van der Waals surface area contributed by atoms with Gasteiger partial charge in [-0.05, 0) is 68.3 Å². The van der Waals surface area contributed by atoms with Crippen LogP contribution in [-0.4, -0.2) is 0 Å². The average molecular weight is 421 g/mol. The molecule has 0 unspecified atom stereocenters. The van der Waals surface area contributed by atoms with Crippen LogP contribution < -0.4 is 10.9 Å². The standard InChI is InChI=1S/C13H11BrFIN2/c14-11-7-13(16)9(6-12(11)15)8-17-18-10-4-2-1-3-5-10/h1-7,17-18H,8H2. The maximum atomic E-state index is 13.4. The first kappa shape index (κ1) is 13.8. The summed E-state index contributed by atoms with van der Waals surface area (Å²) in [6, 6.07) is 13.1. The SMILES string of the molecule is Fc1cc(CNNc2ccccc2)c(I)cc1Br. The summed E-state index contributed by atoms with van der Waals surface area (Å²) < 4.78 is 14.9. The number of halogens is 3. The lowest BCUT2D eigenvalue weighted by Crippen LogP contribution is -2.21. The second-order valence-corrected chi connectivity index (χ2v) is 5.72. The third-order valence-corrected chi connectivity index (χ3v) is 3.99. The highest BCUT2D eigenvalue weighted by atomic mass is 127. The molecule has 0 aliphatic carbocycles. The van der Waals surface area contributed by atoms with Gasteiger partial charge < -0.3 is 5.43 Å². The normalized spacial score (nSPS) is 10.4. The van der Waals surface area contributed by atoms with Gasteiger partial charge >= 0.3 is 0 Å². The van der Waals surface area contributed by atoms with E-state index in [-0.39, 0.29) is 5.82 Å². The minimum Gasteiger partial charge on any atom is -0.321 e. The number of para-hydroxylation sites is 1. The molecule has 0 radical (unpaired) electrons. The minimum absolute atomic E-state index is 0.244. The molecule has 2 N–H and O–H groups in total. The largest absolute Gasteiger partial charge is 0.321 e. The Kier molecular flexibility index (Phi) is 4.96. The van der Waals surface area contributed by atoms with Crippen LogP contribution in [0.1, 0.15) is 5.56 Å². The van der Waals surface area contributed by atoms with Crippen LogP contribution >= 0.6 is 38.5 Å². The average Bonchev–Trinajstić information content (AvgIpc) is 2.37. The van der Waals surface area contributed by atoms with Crippen LogP contribution in [0.3, 0.4) is 0 Å². The van der Waals surface area contributed by atoms with Gasteiger partial charge in [-0.1, -0.05) is 18.2 Å². The van der Waals surface area contributed by atoms with Crippen LogP contribution in [-0.2, 0) is 6.54 Å². The molecule has 18 heavy (non-hydrogen) atoms. The van der Waals surface area contributed by atoms with E-state index in [0.29, 0.717) is 11.0 Å². The van der Waals surface area contributed by atoms with Crippen molar-refractivity contribution in [2.24, 2.45) is 0 Å². The van der Waals surface area contributed by atoms with E-state index in [0.717, 1.165) is 14.8 Å². The molecule has 0 heterocycles. The molecule has 0 spiro atoms. The van der Waals surface area contributed by atoms with Crippen LogP contribution in [0.15, 0.2) is 46.9 Å². The Bertz CT molecular complexity index is 534. The summed E-state index contributed by atoms with van der Waals surface area (Å²) in [6.45, 7) is 0.553. The van der Waals surface area contributed by atoms with Crippen LogP contribution in [0, 0.1) is 9.39 Å². The lowest BCUT2D eigenvalue weighted by Gasteiger charge is -2.10. The fourth-order valence-corrected chi connectivity index (χ4v) is 2.89. The molecule has 0 saturated heterocycles. The summed E-state index contributed by atoms with van der Waals surface area (Å²) in [7, 11) is 0. The maximum Gasteiger partial charge on any atom is 0.137 e. The van der Waals surface area contributed by atoms with Crippen LogP contribution in [0.5, 0.6) is 0 Å². The molecule has 2 rings (SSSR count). The first-order valence-corrected chi connectivity index (χ1v) is 7.21. The number of nitrogens with one attached hydrogen (secondary N) is 2. The van der Waals surface area contributed by atoms with E-state index in [2.05, 4.69) is 49.4 Å². The third-order valence-electron chi connectivity index (χ3n) is 2.37. The monoisotopic (exact) mass is 420 g/mol. The van der Waals surface area contributed by atoms with E-state index in [1.807, 2.05) is 30.3 Å². The summed E-state index contributed by atoms with van der Waals surface area (Å²) in [5, 5.41) is 0. The van der Waals surface area contributed by atoms with E-state index in [1.54, 1.807) is 6.07 Å². The number of hydrogen-bond acceptors (Lipinski definition) is 2. The molecule has 0 fully saturated rings. The van der Waals surface area contributed by atoms with Gasteiger partial charge in [0.1, 0.15) is 5.82 Å². The van der Waals surface area contributed by atoms with Gasteiger partial charge in [0.05, 0.1) is 4.47 Å². The van der Waals surface area contributed by atoms with Gasteiger partial charge in [-0.15, -0.1) is 0 Å². The number of anilines is 1. The maximum absolute atomic E-state index is 13.4. The van der Waals surface area contributed by atoms with Gasteiger partial charge in [0.2, 0.25) is 0 Å². The molecule has 2 nitrogen and oxygen atoms in total. The highest BCUT2D eigenvalue weighted by Crippen LogP contribution is 2.22. The molecular weight excluding hydrogens is 410 g/mol. The number of benzene rings is 2. The Morgan fingerprint density at radius 3 is 2.61 bits per heavy atom. The Hall–Kier alpha value is -0.660. The van der Waals surface area contributed by atoms with Crippen molar-refractivity contribution in [1.82, 2.24) is 5.43 Å². The van der Waals surface area contributed by atoms with Crippen molar-refractivity contribution < 1.29 is 4.39 Å². The molecule has 94 valence electrons. The highest BCUT2D eigenvalue weighted by molar-refractivity contribution is 14.1. The molecule has 0 bridgehead atoms. The van der Waals surface area contributed by atoms with Crippen molar-refractivity contribution in [3.05, 3.63) is 61.9 Å². The summed E-state index contributed by atoms with van der Waals surface area (Å²) >= 11 is 5.36. The van der Waals surface area contributed by atoms with Crippen molar-refractivity contribution in [1.29, 1.82) is 0 Å². The van der Waals surface area contributed by atoms with Gasteiger partial charge in [-0.2, -0.15) is 0 Å². The molecule has 5 heteroatoms. The Morgan fingerprint density at radius 1 is 1.17 bits per heavy atom. The Labute approximate surface area is 127 Å². The fraction of sp³-hybridized carbons (Fsp3) is 0.0769. The second-order valence-electron chi connectivity index (χ2n) is 3.70. The summed E-state index contributed by atoms with van der Waals surface area (Å²) in [5.41, 5.74) is 8.03. The third kappa shape index (κ3) is 3.66. The topological polar surface area (TPSA) is 24.1 Å². The molecule has 0 aromatic heterocycles. The summed E-state index contributed by atoms with van der Waals surface area (Å²) in [4.78, 5) is 0. The van der Waals surface area contributed by atoms with Gasteiger partial charge in [-0.25, -0.2) is 9.82 Å². The predicted molar refractivity (Wildman–Crippen MR) is 83.7 cm³/mol. The second kappa shape index (κ2) is 6.49. The van der Waals surface area contributed by atoms with Crippen molar-refractivity contribution in [3.8, 4) is 0 Å². The van der Waals surface area contributed by atoms with Gasteiger partial charge in [0.25, 0.3) is 0 Å².